The Balaban J connectivity index is 2.52. The van der Waals surface area contributed by atoms with Gasteiger partial charge in [-0.2, -0.15) is 0 Å². The van der Waals surface area contributed by atoms with E-state index in [9.17, 15) is 4.39 Å². The average Bonchev–Trinajstić information content (AvgIpc) is 2.25. The minimum absolute atomic E-state index is 0.221. The van der Waals surface area contributed by atoms with Gasteiger partial charge >= 0.3 is 0 Å². The predicted octanol–water partition coefficient (Wildman–Crippen LogP) is 5.02. The number of aryl methyl sites for hydroxylation is 2. The van der Waals surface area contributed by atoms with Gasteiger partial charge in [-0.3, -0.25) is 0 Å². The summed E-state index contributed by atoms with van der Waals surface area (Å²) in [5, 5.41) is 0. The Kier molecular flexibility index (Phi) is 4.43. The van der Waals surface area contributed by atoms with Gasteiger partial charge in [-0.1, -0.05) is 31.9 Å². The van der Waals surface area contributed by atoms with Gasteiger partial charge in [-0.05, 0) is 66.4 Å². The molecule has 0 heterocycles. The zero-order chi connectivity index (χ0) is 14.2. The largest absolute Gasteiger partial charge is 0.320 e. The van der Waals surface area contributed by atoms with Gasteiger partial charge in [0.2, 0.25) is 0 Å². The van der Waals surface area contributed by atoms with Gasteiger partial charge in [0.25, 0.3) is 0 Å². The lowest BCUT2D eigenvalue weighted by Gasteiger charge is -2.19. The molecule has 0 aliphatic carbocycles. The van der Waals surface area contributed by atoms with Crippen molar-refractivity contribution < 1.29 is 4.39 Å². The van der Waals surface area contributed by atoms with Crippen LogP contribution in [0.5, 0.6) is 0 Å². The molecule has 0 amide bonds. The SMILES string of the molecule is Cc1cc(F)cc(C)c1C(N)c1cc(Br)cc(Br)c1. The quantitative estimate of drug-likeness (QED) is 0.770. The third-order valence-electron chi connectivity index (χ3n) is 3.11. The highest BCUT2D eigenvalue weighted by molar-refractivity contribution is 9.11. The standard InChI is InChI=1S/C15H14Br2FN/c1-8-3-13(18)4-9(2)14(8)15(19)10-5-11(16)7-12(17)6-10/h3-7,15H,19H2,1-2H3. The van der Waals surface area contributed by atoms with Crippen LogP contribution >= 0.6 is 31.9 Å². The van der Waals surface area contributed by atoms with E-state index in [0.29, 0.717) is 0 Å². The molecule has 0 saturated carbocycles. The molecular weight excluding hydrogens is 373 g/mol. The molecule has 4 heteroatoms. The first-order valence-electron chi connectivity index (χ1n) is 5.86. The van der Waals surface area contributed by atoms with Crippen LogP contribution in [0.3, 0.4) is 0 Å². The van der Waals surface area contributed by atoms with Gasteiger partial charge in [0.05, 0.1) is 6.04 Å². The first-order chi connectivity index (χ1) is 8.88. The van der Waals surface area contributed by atoms with Crippen LogP contribution < -0.4 is 5.73 Å². The summed E-state index contributed by atoms with van der Waals surface area (Å²) in [5.74, 6) is -0.221. The van der Waals surface area contributed by atoms with Crippen LogP contribution in [-0.2, 0) is 0 Å². The van der Waals surface area contributed by atoms with Crippen LogP contribution in [0.25, 0.3) is 0 Å². The van der Waals surface area contributed by atoms with E-state index in [1.807, 2.05) is 32.0 Å². The monoisotopic (exact) mass is 385 g/mol. The third-order valence-corrected chi connectivity index (χ3v) is 4.03. The summed E-state index contributed by atoms with van der Waals surface area (Å²) in [6.45, 7) is 3.77. The van der Waals surface area contributed by atoms with Crippen molar-refractivity contribution >= 4 is 31.9 Å². The second-order valence-corrected chi connectivity index (χ2v) is 6.47. The van der Waals surface area contributed by atoms with Crippen molar-refractivity contribution in [1.29, 1.82) is 0 Å². The maximum atomic E-state index is 13.3. The number of hydrogen-bond acceptors (Lipinski definition) is 1. The van der Waals surface area contributed by atoms with Crippen molar-refractivity contribution in [3.63, 3.8) is 0 Å². The normalized spacial score (nSPS) is 12.5. The molecule has 1 unspecified atom stereocenters. The molecule has 2 aromatic rings. The molecule has 0 fully saturated rings. The Morgan fingerprint density at radius 1 is 0.947 bits per heavy atom. The van der Waals surface area contributed by atoms with Gasteiger partial charge in [0, 0.05) is 8.95 Å². The minimum Gasteiger partial charge on any atom is -0.320 e. The topological polar surface area (TPSA) is 26.0 Å². The number of rotatable bonds is 2. The molecule has 2 rings (SSSR count). The van der Waals surface area contributed by atoms with Crippen molar-refractivity contribution in [3.05, 3.63) is 67.3 Å². The Morgan fingerprint density at radius 3 is 1.89 bits per heavy atom. The Morgan fingerprint density at radius 2 is 1.42 bits per heavy atom. The summed E-state index contributed by atoms with van der Waals surface area (Å²) in [7, 11) is 0. The molecule has 1 atom stereocenters. The van der Waals surface area contributed by atoms with Gasteiger partial charge in [0.15, 0.2) is 0 Å². The van der Waals surface area contributed by atoms with Crippen LogP contribution in [0.1, 0.15) is 28.3 Å². The second kappa shape index (κ2) is 5.73. The molecule has 100 valence electrons. The van der Waals surface area contributed by atoms with E-state index in [1.165, 1.54) is 12.1 Å². The van der Waals surface area contributed by atoms with E-state index >= 15 is 0 Å². The van der Waals surface area contributed by atoms with Crippen molar-refractivity contribution in [2.75, 3.05) is 0 Å². The fourth-order valence-electron chi connectivity index (χ4n) is 2.33. The molecule has 2 N–H and O–H groups in total. The van der Waals surface area contributed by atoms with Crippen LogP contribution in [0, 0.1) is 19.7 Å². The highest BCUT2D eigenvalue weighted by Crippen LogP contribution is 2.30. The number of nitrogens with two attached hydrogens (primary N) is 1. The molecule has 0 saturated heterocycles. The molecule has 0 aromatic heterocycles. The maximum Gasteiger partial charge on any atom is 0.123 e. The summed E-state index contributed by atoms with van der Waals surface area (Å²) < 4.78 is 15.3. The first-order valence-corrected chi connectivity index (χ1v) is 7.45. The fraction of sp³-hybridized carbons (Fsp3) is 0.200. The lowest BCUT2D eigenvalue weighted by atomic mass is 9.92. The van der Waals surface area contributed by atoms with Crippen molar-refractivity contribution in [3.8, 4) is 0 Å². The molecule has 1 nitrogen and oxygen atoms in total. The van der Waals surface area contributed by atoms with Crippen LogP contribution in [0.15, 0.2) is 39.3 Å². The zero-order valence-electron chi connectivity index (χ0n) is 10.7. The molecule has 2 aromatic carbocycles. The molecular formula is C15H14Br2FN. The fourth-order valence-corrected chi connectivity index (χ4v) is 3.66. The van der Waals surface area contributed by atoms with Crippen LogP contribution in [-0.4, -0.2) is 0 Å². The van der Waals surface area contributed by atoms with Crippen molar-refractivity contribution in [2.45, 2.75) is 19.9 Å². The van der Waals surface area contributed by atoms with Crippen molar-refractivity contribution in [2.24, 2.45) is 5.73 Å². The second-order valence-electron chi connectivity index (χ2n) is 4.63. The van der Waals surface area contributed by atoms with Gasteiger partial charge in [0.1, 0.15) is 5.82 Å². The molecule has 0 spiro atoms. The summed E-state index contributed by atoms with van der Waals surface area (Å²) in [6.07, 6.45) is 0. The minimum atomic E-state index is -0.269. The predicted molar refractivity (Wildman–Crippen MR) is 83.7 cm³/mol. The lowest BCUT2D eigenvalue weighted by Crippen LogP contribution is -2.15. The Labute approximate surface area is 129 Å². The van der Waals surface area contributed by atoms with E-state index in [1.54, 1.807) is 0 Å². The van der Waals surface area contributed by atoms with Crippen LogP contribution in [0.2, 0.25) is 0 Å². The first kappa shape index (κ1) is 14.7. The average molecular weight is 387 g/mol. The van der Waals surface area contributed by atoms with E-state index in [0.717, 1.165) is 31.2 Å². The summed E-state index contributed by atoms with van der Waals surface area (Å²) in [4.78, 5) is 0. The smallest absolute Gasteiger partial charge is 0.123 e. The Bertz CT molecular complexity index is 582. The molecule has 0 radical (unpaired) electrons. The van der Waals surface area contributed by atoms with E-state index in [-0.39, 0.29) is 11.9 Å². The molecule has 0 aliphatic rings. The summed E-state index contributed by atoms with van der Waals surface area (Å²) in [5.41, 5.74) is 10.1. The van der Waals surface area contributed by atoms with Gasteiger partial charge in [-0.15, -0.1) is 0 Å². The molecule has 0 bridgehead atoms. The summed E-state index contributed by atoms with van der Waals surface area (Å²) in [6, 6.07) is 8.70. The van der Waals surface area contributed by atoms with Crippen molar-refractivity contribution in [1.82, 2.24) is 0 Å². The summed E-state index contributed by atoms with van der Waals surface area (Å²) >= 11 is 6.91. The highest BCUT2D eigenvalue weighted by atomic mass is 79.9. The van der Waals surface area contributed by atoms with E-state index < -0.39 is 0 Å². The number of halogens is 3. The van der Waals surface area contributed by atoms with Crippen LogP contribution in [0.4, 0.5) is 4.39 Å². The zero-order valence-corrected chi connectivity index (χ0v) is 13.8. The third kappa shape index (κ3) is 3.25. The highest BCUT2D eigenvalue weighted by Gasteiger charge is 2.16. The number of hydrogen-bond donors (Lipinski definition) is 1. The maximum absolute atomic E-state index is 13.3. The lowest BCUT2D eigenvalue weighted by molar-refractivity contribution is 0.623. The van der Waals surface area contributed by atoms with E-state index in [2.05, 4.69) is 31.9 Å². The van der Waals surface area contributed by atoms with Gasteiger partial charge < -0.3 is 5.73 Å². The molecule has 0 aliphatic heterocycles. The molecule has 19 heavy (non-hydrogen) atoms. The Hall–Kier alpha value is -0.710. The number of benzene rings is 2. The van der Waals surface area contributed by atoms with E-state index in [4.69, 9.17) is 5.73 Å². The van der Waals surface area contributed by atoms with Gasteiger partial charge in [-0.25, -0.2) is 4.39 Å².